The minimum atomic E-state index is -0.0562. The monoisotopic (exact) mass is 416 g/mol. The third-order valence-electron chi connectivity index (χ3n) is 6.00. The molecule has 0 radical (unpaired) electrons. The van der Waals surface area contributed by atoms with Crippen LogP contribution in [0.4, 0.5) is 0 Å². The van der Waals surface area contributed by atoms with Gasteiger partial charge in [-0.25, -0.2) is 0 Å². The van der Waals surface area contributed by atoms with E-state index in [2.05, 4.69) is 42.3 Å². The van der Waals surface area contributed by atoms with Gasteiger partial charge >= 0.3 is 0 Å². The molecule has 6 nitrogen and oxygen atoms in total. The zero-order chi connectivity index (χ0) is 21.8. The Balaban J connectivity index is 1.34. The van der Waals surface area contributed by atoms with Crippen molar-refractivity contribution in [3.63, 3.8) is 0 Å². The molecule has 0 spiro atoms. The number of hydrogen-bond donors (Lipinski definition) is 1. The van der Waals surface area contributed by atoms with Gasteiger partial charge < -0.3 is 14.8 Å². The first-order valence-corrected chi connectivity index (χ1v) is 10.7. The van der Waals surface area contributed by atoms with E-state index in [9.17, 15) is 9.59 Å². The zero-order valence-electron chi connectivity index (χ0n) is 18.0. The molecule has 0 bridgehead atoms. The zero-order valence-corrected chi connectivity index (χ0v) is 18.0. The van der Waals surface area contributed by atoms with E-state index in [1.165, 1.54) is 11.1 Å². The molecule has 6 heteroatoms. The Bertz CT molecular complexity index is 1070. The minimum absolute atomic E-state index is 0.0110. The van der Waals surface area contributed by atoms with Gasteiger partial charge in [0.1, 0.15) is 5.69 Å². The van der Waals surface area contributed by atoms with Crippen LogP contribution in [0, 0.1) is 19.8 Å². The van der Waals surface area contributed by atoms with Crippen molar-refractivity contribution in [1.82, 2.24) is 19.8 Å². The molecule has 1 fully saturated rings. The van der Waals surface area contributed by atoms with Crippen LogP contribution >= 0.6 is 0 Å². The Morgan fingerprint density at radius 2 is 1.90 bits per heavy atom. The number of carbonyl (C=O) groups excluding carboxylic acids is 2. The molecule has 0 saturated carbocycles. The van der Waals surface area contributed by atoms with Crippen molar-refractivity contribution in [1.29, 1.82) is 0 Å². The summed E-state index contributed by atoms with van der Waals surface area (Å²) in [6.45, 7) is 5.83. The fourth-order valence-electron chi connectivity index (χ4n) is 4.10. The van der Waals surface area contributed by atoms with Crippen molar-refractivity contribution in [2.24, 2.45) is 5.92 Å². The average molecular weight is 417 g/mol. The highest BCUT2D eigenvalue weighted by Crippen LogP contribution is 2.21. The number of nitrogens with zero attached hydrogens (tertiary/aromatic N) is 3. The Kier molecular flexibility index (Phi) is 6.16. The van der Waals surface area contributed by atoms with Crippen LogP contribution in [0.3, 0.4) is 0 Å². The van der Waals surface area contributed by atoms with E-state index in [1.54, 1.807) is 12.4 Å². The van der Waals surface area contributed by atoms with Crippen molar-refractivity contribution >= 4 is 11.8 Å². The molecule has 1 aromatic carbocycles. The molecule has 1 saturated heterocycles. The standard InChI is InChI=1S/C25H28N4O2/c1-18-7-8-19(2)21(15-18)16-27-24(30)20-9-13-28(14-10-20)25(31)23-6-4-12-29(23)22-5-3-11-26-17-22/h3-8,11-12,15,17,20H,9-10,13-14,16H2,1-2H3,(H,27,30). The topological polar surface area (TPSA) is 67.2 Å². The van der Waals surface area contributed by atoms with E-state index < -0.39 is 0 Å². The molecule has 3 heterocycles. The molecular weight excluding hydrogens is 388 g/mol. The van der Waals surface area contributed by atoms with E-state index in [4.69, 9.17) is 0 Å². The van der Waals surface area contributed by atoms with E-state index >= 15 is 0 Å². The number of pyridine rings is 1. The number of nitrogens with one attached hydrogen (secondary N) is 1. The van der Waals surface area contributed by atoms with Gasteiger partial charge in [-0.15, -0.1) is 0 Å². The summed E-state index contributed by atoms with van der Waals surface area (Å²) in [5.74, 6) is 0.00844. The molecule has 0 atom stereocenters. The van der Waals surface area contributed by atoms with Crippen molar-refractivity contribution in [2.45, 2.75) is 33.2 Å². The Hall–Kier alpha value is -3.41. The van der Waals surface area contributed by atoms with E-state index in [0.717, 1.165) is 11.3 Å². The van der Waals surface area contributed by atoms with E-state index in [1.807, 2.05) is 39.9 Å². The van der Waals surface area contributed by atoms with Gasteiger partial charge in [0.05, 0.1) is 11.9 Å². The maximum atomic E-state index is 13.1. The number of hydrogen-bond acceptors (Lipinski definition) is 3. The highest BCUT2D eigenvalue weighted by atomic mass is 16.2. The number of aryl methyl sites for hydroxylation is 2. The highest BCUT2D eigenvalue weighted by molar-refractivity contribution is 5.93. The minimum Gasteiger partial charge on any atom is -0.352 e. The largest absolute Gasteiger partial charge is 0.352 e. The van der Waals surface area contributed by atoms with Crippen LogP contribution < -0.4 is 5.32 Å². The predicted molar refractivity (Wildman–Crippen MR) is 120 cm³/mol. The van der Waals surface area contributed by atoms with Gasteiger partial charge in [0, 0.05) is 37.9 Å². The number of benzene rings is 1. The quantitative estimate of drug-likeness (QED) is 0.690. The van der Waals surface area contributed by atoms with Gasteiger partial charge in [0.25, 0.3) is 5.91 Å². The number of amides is 2. The van der Waals surface area contributed by atoms with E-state index in [-0.39, 0.29) is 17.7 Å². The van der Waals surface area contributed by atoms with Crippen molar-refractivity contribution in [2.75, 3.05) is 13.1 Å². The second-order valence-electron chi connectivity index (χ2n) is 8.19. The molecule has 3 aromatic rings. The van der Waals surface area contributed by atoms with Gasteiger partial charge in [-0.2, -0.15) is 0 Å². The van der Waals surface area contributed by atoms with Crippen LogP contribution in [0.1, 0.15) is 40.0 Å². The lowest BCUT2D eigenvalue weighted by Gasteiger charge is -2.31. The molecule has 31 heavy (non-hydrogen) atoms. The second-order valence-corrected chi connectivity index (χ2v) is 8.19. The molecule has 160 valence electrons. The van der Waals surface area contributed by atoms with Crippen LogP contribution in [0.25, 0.3) is 5.69 Å². The maximum Gasteiger partial charge on any atom is 0.270 e. The summed E-state index contributed by atoms with van der Waals surface area (Å²) in [4.78, 5) is 31.8. The van der Waals surface area contributed by atoms with Gasteiger partial charge in [-0.1, -0.05) is 23.8 Å². The lowest BCUT2D eigenvalue weighted by Crippen LogP contribution is -2.43. The fraction of sp³-hybridized carbons (Fsp3) is 0.320. The molecule has 1 N–H and O–H groups in total. The van der Waals surface area contributed by atoms with Gasteiger partial charge in [-0.3, -0.25) is 14.6 Å². The number of likely N-dealkylation sites (tertiary alicyclic amines) is 1. The summed E-state index contributed by atoms with van der Waals surface area (Å²) < 4.78 is 1.86. The molecular formula is C25H28N4O2. The van der Waals surface area contributed by atoms with Gasteiger partial charge in [0.15, 0.2) is 0 Å². The van der Waals surface area contributed by atoms with Crippen molar-refractivity contribution in [3.05, 3.63) is 83.4 Å². The summed E-state index contributed by atoms with van der Waals surface area (Å²) in [5.41, 5.74) is 5.00. The SMILES string of the molecule is Cc1ccc(C)c(CNC(=O)C2CCN(C(=O)c3cccn3-c3cccnc3)CC2)c1. The van der Waals surface area contributed by atoms with Crippen molar-refractivity contribution in [3.8, 4) is 5.69 Å². The second kappa shape index (κ2) is 9.16. The summed E-state index contributed by atoms with van der Waals surface area (Å²) in [6.07, 6.45) is 6.68. The third-order valence-corrected chi connectivity index (χ3v) is 6.00. The van der Waals surface area contributed by atoms with Crippen LogP contribution in [0.2, 0.25) is 0 Å². The summed E-state index contributed by atoms with van der Waals surface area (Å²) >= 11 is 0. The average Bonchev–Trinajstić information content (AvgIpc) is 3.29. The normalized spacial score (nSPS) is 14.5. The van der Waals surface area contributed by atoms with Crippen LogP contribution in [-0.4, -0.2) is 39.4 Å². The molecule has 0 unspecified atom stereocenters. The number of rotatable bonds is 5. The number of carbonyl (C=O) groups is 2. The molecule has 0 aliphatic carbocycles. The summed E-state index contributed by atoms with van der Waals surface area (Å²) in [5, 5.41) is 3.09. The first-order valence-electron chi connectivity index (χ1n) is 10.7. The van der Waals surface area contributed by atoms with Crippen molar-refractivity contribution < 1.29 is 9.59 Å². The molecule has 4 rings (SSSR count). The third kappa shape index (κ3) is 4.68. The molecule has 1 aliphatic heterocycles. The fourth-order valence-corrected chi connectivity index (χ4v) is 4.10. The first-order chi connectivity index (χ1) is 15.0. The van der Waals surface area contributed by atoms with E-state index in [0.29, 0.717) is 38.2 Å². The maximum absolute atomic E-state index is 13.1. The van der Waals surface area contributed by atoms with Crippen LogP contribution in [-0.2, 0) is 11.3 Å². The Morgan fingerprint density at radius 3 is 2.65 bits per heavy atom. The smallest absolute Gasteiger partial charge is 0.270 e. The summed E-state index contributed by atoms with van der Waals surface area (Å²) in [7, 11) is 0. The number of aromatic nitrogens is 2. The van der Waals surface area contributed by atoms with Gasteiger partial charge in [-0.05, 0) is 62.1 Å². The first kappa shape index (κ1) is 20.8. The lowest BCUT2D eigenvalue weighted by molar-refractivity contribution is -0.126. The molecule has 2 amide bonds. The van der Waals surface area contributed by atoms with Crippen LogP contribution in [0.15, 0.2) is 61.1 Å². The van der Waals surface area contributed by atoms with Crippen LogP contribution in [0.5, 0.6) is 0 Å². The lowest BCUT2D eigenvalue weighted by atomic mass is 9.95. The molecule has 2 aromatic heterocycles. The predicted octanol–water partition coefficient (Wildman–Crippen LogP) is 3.66. The van der Waals surface area contributed by atoms with Gasteiger partial charge in [0.2, 0.25) is 5.91 Å². The Labute approximate surface area is 182 Å². The number of piperidine rings is 1. The summed E-state index contributed by atoms with van der Waals surface area (Å²) in [6, 6.07) is 13.8. The Morgan fingerprint density at radius 1 is 1.10 bits per heavy atom. The molecule has 1 aliphatic rings. The highest BCUT2D eigenvalue weighted by Gasteiger charge is 2.29.